The van der Waals surface area contributed by atoms with Gasteiger partial charge < -0.3 is 4.90 Å². The third-order valence-corrected chi connectivity index (χ3v) is 4.78. The molecule has 4 rings (SSSR count). The van der Waals surface area contributed by atoms with E-state index in [4.69, 9.17) is 0 Å². The molecule has 0 saturated heterocycles. The van der Waals surface area contributed by atoms with E-state index >= 15 is 0 Å². The largest absolute Gasteiger partial charge is 0.323 e. The Morgan fingerprint density at radius 2 is 1.50 bits per heavy atom. The summed E-state index contributed by atoms with van der Waals surface area (Å²) in [7, 11) is 0. The number of benzene rings is 3. The molecule has 0 aliphatic carbocycles. The van der Waals surface area contributed by atoms with E-state index in [1.165, 1.54) is 0 Å². The summed E-state index contributed by atoms with van der Waals surface area (Å²) in [6.07, 6.45) is 0. The fourth-order valence-electron chi connectivity index (χ4n) is 3.79. The van der Waals surface area contributed by atoms with Crippen molar-refractivity contribution in [2.45, 2.75) is 32.4 Å². The van der Waals surface area contributed by atoms with Crippen LogP contribution >= 0.6 is 0 Å². The Hall–Kier alpha value is -2.61. The van der Waals surface area contributed by atoms with Crippen LogP contribution in [0.2, 0.25) is 0 Å². The topological polar surface area (TPSA) is 20.3 Å². The maximum absolute atomic E-state index is 13.4. The van der Waals surface area contributed by atoms with Gasteiger partial charge in [0.25, 0.3) is 5.91 Å². The molecule has 1 aliphatic heterocycles. The molecule has 1 aliphatic rings. The Balaban J connectivity index is 2.02. The lowest BCUT2D eigenvalue weighted by Crippen LogP contribution is -2.44. The molecule has 0 N–H and O–H groups in total. The van der Waals surface area contributed by atoms with E-state index in [0.717, 1.165) is 27.5 Å². The maximum atomic E-state index is 13.4. The number of carbonyl (C=O) groups excluding carboxylic acids is 1. The Morgan fingerprint density at radius 3 is 2.21 bits per heavy atom. The lowest BCUT2D eigenvalue weighted by Gasteiger charge is -2.37. The SMILES string of the molecule is CC(C)(C)N1C(=O)c2c(ccc3ccccc23)C1c1ccccc1. The highest BCUT2D eigenvalue weighted by Crippen LogP contribution is 2.44. The molecule has 1 amide bonds. The van der Waals surface area contributed by atoms with Gasteiger partial charge in [-0.1, -0.05) is 66.7 Å². The molecule has 0 fully saturated rings. The molecule has 3 aromatic carbocycles. The molecule has 2 nitrogen and oxygen atoms in total. The Kier molecular flexibility index (Phi) is 3.24. The zero-order valence-corrected chi connectivity index (χ0v) is 14.3. The van der Waals surface area contributed by atoms with E-state index in [-0.39, 0.29) is 17.5 Å². The van der Waals surface area contributed by atoms with Gasteiger partial charge in [-0.05, 0) is 42.7 Å². The van der Waals surface area contributed by atoms with Crippen molar-refractivity contribution in [3.05, 3.63) is 83.4 Å². The van der Waals surface area contributed by atoms with E-state index in [1.807, 2.05) is 35.2 Å². The van der Waals surface area contributed by atoms with E-state index in [0.29, 0.717) is 0 Å². The summed E-state index contributed by atoms with van der Waals surface area (Å²) in [6, 6.07) is 22.7. The highest BCUT2D eigenvalue weighted by Gasteiger charge is 2.43. The normalized spacial score (nSPS) is 17.4. The van der Waals surface area contributed by atoms with Gasteiger partial charge in [0.1, 0.15) is 0 Å². The number of carbonyl (C=O) groups is 1. The molecule has 0 radical (unpaired) electrons. The van der Waals surface area contributed by atoms with Crippen molar-refractivity contribution < 1.29 is 4.79 Å². The lowest BCUT2D eigenvalue weighted by molar-refractivity contribution is 0.0553. The molecule has 1 heterocycles. The number of nitrogens with zero attached hydrogens (tertiary/aromatic N) is 1. The van der Waals surface area contributed by atoms with E-state index in [1.54, 1.807) is 0 Å². The quantitative estimate of drug-likeness (QED) is 0.605. The van der Waals surface area contributed by atoms with Crippen LogP contribution in [-0.2, 0) is 0 Å². The molecule has 0 aromatic heterocycles. The molecular formula is C22H21NO. The summed E-state index contributed by atoms with van der Waals surface area (Å²) in [4.78, 5) is 15.4. The summed E-state index contributed by atoms with van der Waals surface area (Å²) >= 11 is 0. The molecule has 0 bridgehead atoms. The average molecular weight is 315 g/mol. The van der Waals surface area contributed by atoms with Crippen molar-refractivity contribution in [2.75, 3.05) is 0 Å². The zero-order valence-electron chi connectivity index (χ0n) is 14.3. The van der Waals surface area contributed by atoms with Crippen molar-refractivity contribution in [3.63, 3.8) is 0 Å². The minimum Gasteiger partial charge on any atom is -0.323 e. The number of rotatable bonds is 1. The number of fused-ring (bicyclic) bond motifs is 3. The molecule has 1 atom stereocenters. The summed E-state index contributed by atoms with van der Waals surface area (Å²) < 4.78 is 0. The van der Waals surface area contributed by atoms with Crippen molar-refractivity contribution in [1.82, 2.24) is 4.90 Å². The zero-order chi connectivity index (χ0) is 16.9. The van der Waals surface area contributed by atoms with Gasteiger partial charge in [0.2, 0.25) is 0 Å². The van der Waals surface area contributed by atoms with Gasteiger partial charge in [-0.3, -0.25) is 4.79 Å². The van der Waals surface area contributed by atoms with Crippen LogP contribution < -0.4 is 0 Å². The van der Waals surface area contributed by atoms with Crippen molar-refractivity contribution >= 4 is 16.7 Å². The average Bonchev–Trinajstić information content (AvgIpc) is 2.89. The van der Waals surface area contributed by atoms with Crippen LogP contribution in [0.25, 0.3) is 10.8 Å². The number of hydrogen-bond donors (Lipinski definition) is 0. The molecule has 0 saturated carbocycles. The summed E-state index contributed by atoms with van der Waals surface area (Å²) in [5, 5.41) is 2.17. The summed E-state index contributed by atoms with van der Waals surface area (Å²) in [5.41, 5.74) is 2.88. The highest BCUT2D eigenvalue weighted by atomic mass is 16.2. The summed E-state index contributed by atoms with van der Waals surface area (Å²) in [6.45, 7) is 6.32. The third kappa shape index (κ3) is 2.14. The van der Waals surface area contributed by atoms with Gasteiger partial charge in [0, 0.05) is 5.54 Å². The minimum absolute atomic E-state index is 0.0293. The van der Waals surface area contributed by atoms with Crippen LogP contribution in [-0.4, -0.2) is 16.3 Å². The Labute approximate surface area is 142 Å². The second-order valence-corrected chi connectivity index (χ2v) is 7.41. The van der Waals surface area contributed by atoms with Crippen LogP contribution in [0, 0.1) is 0 Å². The van der Waals surface area contributed by atoms with Gasteiger partial charge >= 0.3 is 0 Å². The van der Waals surface area contributed by atoms with Crippen LogP contribution in [0.15, 0.2) is 66.7 Å². The van der Waals surface area contributed by atoms with E-state index < -0.39 is 0 Å². The second-order valence-electron chi connectivity index (χ2n) is 7.41. The molecule has 3 aromatic rings. The van der Waals surface area contributed by atoms with Gasteiger partial charge in [-0.2, -0.15) is 0 Å². The standard InChI is InChI=1S/C22H21NO/c1-22(2,3)23-20(16-10-5-4-6-11-16)18-14-13-15-9-7-8-12-17(15)19(18)21(23)24/h4-14,20H,1-3H3. The van der Waals surface area contributed by atoms with Crippen molar-refractivity contribution in [1.29, 1.82) is 0 Å². The van der Waals surface area contributed by atoms with Crippen molar-refractivity contribution in [2.24, 2.45) is 0 Å². The van der Waals surface area contributed by atoms with Gasteiger partial charge in [0.15, 0.2) is 0 Å². The molecule has 0 spiro atoms. The van der Waals surface area contributed by atoms with E-state index in [2.05, 4.69) is 57.2 Å². The first-order valence-corrected chi connectivity index (χ1v) is 8.39. The monoisotopic (exact) mass is 315 g/mol. The Morgan fingerprint density at radius 1 is 0.833 bits per heavy atom. The Bertz CT molecular complexity index is 922. The fraction of sp³-hybridized carbons (Fsp3) is 0.227. The first kappa shape index (κ1) is 14.9. The first-order chi connectivity index (χ1) is 11.5. The summed E-state index contributed by atoms with van der Waals surface area (Å²) in [5.74, 6) is 0.128. The van der Waals surface area contributed by atoms with Crippen LogP contribution in [0.5, 0.6) is 0 Å². The first-order valence-electron chi connectivity index (χ1n) is 8.39. The van der Waals surface area contributed by atoms with Gasteiger partial charge in [-0.25, -0.2) is 0 Å². The lowest BCUT2D eigenvalue weighted by atomic mass is 9.93. The molecule has 2 heteroatoms. The van der Waals surface area contributed by atoms with Gasteiger partial charge in [-0.15, -0.1) is 0 Å². The van der Waals surface area contributed by atoms with Crippen LogP contribution in [0.4, 0.5) is 0 Å². The fourth-order valence-corrected chi connectivity index (χ4v) is 3.79. The molecule has 24 heavy (non-hydrogen) atoms. The third-order valence-electron chi connectivity index (χ3n) is 4.78. The highest BCUT2D eigenvalue weighted by molar-refractivity contribution is 6.11. The smallest absolute Gasteiger partial charge is 0.256 e. The predicted molar refractivity (Wildman–Crippen MR) is 98.2 cm³/mol. The molecular weight excluding hydrogens is 294 g/mol. The van der Waals surface area contributed by atoms with Crippen LogP contribution in [0.3, 0.4) is 0 Å². The van der Waals surface area contributed by atoms with Gasteiger partial charge in [0.05, 0.1) is 11.6 Å². The van der Waals surface area contributed by atoms with Crippen LogP contribution in [0.1, 0.15) is 48.3 Å². The second kappa shape index (κ2) is 5.20. The number of hydrogen-bond acceptors (Lipinski definition) is 1. The predicted octanol–water partition coefficient (Wildman–Crippen LogP) is 5.18. The maximum Gasteiger partial charge on any atom is 0.256 e. The molecule has 120 valence electrons. The van der Waals surface area contributed by atoms with Crippen molar-refractivity contribution in [3.8, 4) is 0 Å². The molecule has 1 unspecified atom stereocenters. The van der Waals surface area contributed by atoms with E-state index in [9.17, 15) is 4.79 Å². The minimum atomic E-state index is -0.252. The number of amides is 1.